The third-order valence-corrected chi connectivity index (χ3v) is 1.34. The van der Waals surface area contributed by atoms with Gasteiger partial charge in [-0.1, -0.05) is 0 Å². The summed E-state index contributed by atoms with van der Waals surface area (Å²) in [5, 5.41) is 0. The predicted octanol–water partition coefficient (Wildman–Crippen LogP) is 0.0433. The normalized spacial score (nSPS) is 10.1. The molecule has 0 aromatic carbocycles. The van der Waals surface area contributed by atoms with Gasteiger partial charge in [-0.2, -0.15) is 0 Å². The Morgan fingerprint density at radius 3 is 2.21 bits per heavy atom. The van der Waals surface area contributed by atoms with E-state index in [0.717, 1.165) is 0 Å². The largest absolute Gasteiger partial charge is 0.467 e. The zero-order chi connectivity index (χ0) is 10.6. The molecule has 0 spiro atoms. The number of carbonyl (C=O) groups is 1. The van der Waals surface area contributed by atoms with Gasteiger partial charge < -0.3 is 18.9 Å². The first kappa shape index (κ1) is 13.4. The Kier molecular flexibility index (Phi) is 9.95. The first-order valence-electron chi connectivity index (χ1n) is 4.40. The van der Waals surface area contributed by atoms with Crippen LogP contribution in [0.3, 0.4) is 0 Å². The van der Waals surface area contributed by atoms with E-state index in [2.05, 4.69) is 11.7 Å². The van der Waals surface area contributed by atoms with E-state index in [1.54, 1.807) is 0 Å². The van der Waals surface area contributed by atoms with Gasteiger partial charge in [-0.25, -0.2) is 4.79 Å². The summed E-state index contributed by atoms with van der Waals surface area (Å²) in [4.78, 5) is 10.6. The Morgan fingerprint density at radius 2 is 1.64 bits per heavy atom. The maximum atomic E-state index is 10.6. The van der Waals surface area contributed by atoms with Crippen molar-refractivity contribution in [1.29, 1.82) is 0 Å². The molecule has 1 radical (unpaired) electrons. The fourth-order valence-corrected chi connectivity index (χ4v) is 0.654. The summed E-state index contributed by atoms with van der Waals surface area (Å²) in [6.45, 7) is 5.78. The highest BCUT2D eigenvalue weighted by Crippen LogP contribution is 1.82. The van der Waals surface area contributed by atoms with Crippen LogP contribution in [0.25, 0.3) is 0 Å². The molecular weight excluding hydrogens is 188 g/mol. The van der Waals surface area contributed by atoms with Crippen LogP contribution in [0.5, 0.6) is 0 Å². The quantitative estimate of drug-likeness (QED) is 0.393. The lowest BCUT2D eigenvalue weighted by Gasteiger charge is -2.04. The van der Waals surface area contributed by atoms with Crippen molar-refractivity contribution >= 4 is 5.97 Å². The Bertz CT molecular complexity index is 137. The van der Waals surface area contributed by atoms with Gasteiger partial charge in [0.2, 0.25) is 0 Å². The molecule has 83 valence electrons. The molecule has 0 aliphatic heterocycles. The van der Waals surface area contributed by atoms with Crippen LogP contribution >= 0.6 is 0 Å². The number of methoxy groups -OCH3 is 1. The third-order valence-electron chi connectivity index (χ3n) is 1.34. The fourth-order valence-electron chi connectivity index (χ4n) is 0.654. The highest BCUT2D eigenvalue weighted by atomic mass is 16.6. The van der Waals surface area contributed by atoms with E-state index in [1.807, 2.05) is 0 Å². The summed E-state index contributed by atoms with van der Waals surface area (Å²) < 4.78 is 19.4. The Hall–Kier alpha value is -0.650. The fraction of sp³-hybridized carbons (Fsp3) is 0.778. The SMILES string of the molecule is [CH2]COCCOCCOCC(=O)OC. The summed E-state index contributed by atoms with van der Waals surface area (Å²) in [5.41, 5.74) is 0. The summed E-state index contributed by atoms with van der Waals surface area (Å²) in [5.74, 6) is -0.384. The minimum atomic E-state index is -0.384. The van der Waals surface area contributed by atoms with Crippen molar-refractivity contribution in [2.45, 2.75) is 0 Å². The highest BCUT2D eigenvalue weighted by Gasteiger charge is 1.98. The maximum absolute atomic E-state index is 10.6. The minimum absolute atomic E-state index is 0.0325. The van der Waals surface area contributed by atoms with Crippen LogP contribution in [0, 0.1) is 6.92 Å². The zero-order valence-electron chi connectivity index (χ0n) is 8.49. The van der Waals surface area contributed by atoms with Gasteiger partial charge in [0.15, 0.2) is 0 Å². The molecule has 0 aromatic heterocycles. The summed E-state index contributed by atoms with van der Waals surface area (Å²) in [6.07, 6.45) is 0. The van der Waals surface area contributed by atoms with Gasteiger partial charge in [0, 0.05) is 6.61 Å². The molecule has 0 amide bonds. The number of ether oxygens (including phenoxy) is 4. The van der Waals surface area contributed by atoms with Crippen molar-refractivity contribution in [3.8, 4) is 0 Å². The lowest BCUT2D eigenvalue weighted by atomic mass is 10.7. The van der Waals surface area contributed by atoms with E-state index in [-0.39, 0.29) is 12.6 Å². The zero-order valence-corrected chi connectivity index (χ0v) is 8.49. The first-order valence-corrected chi connectivity index (χ1v) is 4.40. The average molecular weight is 205 g/mol. The molecule has 5 heteroatoms. The van der Waals surface area contributed by atoms with Crippen molar-refractivity contribution in [1.82, 2.24) is 0 Å². The summed E-state index contributed by atoms with van der Waals surface area (Å²) >= 11 is 0. The van der Waals surface area contributed by atoms with E-state index in [1.165, 1.54) is 7.11 Å². The number of hydrogen-bond donors (Lipinski definition) is 0. The van der Waals surface area contributed by atoms with Crippen LogP contribution in [0.15, 0.2) is 0 Å². The second-order valence-corrected chi connectivity index (χ2v) is 2.35. The third kappa shape index (κ3) is 9.44. The van der Waals surface area contributed by atoms with Gasteiger partial charge in [0.05, 0.1) is 33.5 Å². The number of esters is 1. The van der Waals surface area contributed by atoms with Crippen molar-refractivity contribution in [2.75, 3.05) is 46.8 Å². The van der Waals surface area contributed by atoms with Crippen molar-refractivity contribution < 1.29 is 23.7 Å². The monoisotopic (exact) mass is 205 g/mol. The highest BCUT2D eigenvalue weighted by molar-refractivity contribution is 5.70. The standard InChI is InChI=1S/C9H17O5/c1-3-12-4-5-13-6-7-14-8-9(10)11-2/h1,3-8H2,2H3. The molecule has 0 aliphatic carbocycles. The molecule has 0 aliphatic rings. The number of rotatable bonds is 9. The smallest absolute Gasteiger partial charge is 0.331 e. The number of carbonyl (C=O) groups excluding carboxylic acids is 1. The van der Waals surface area contributed by atoms with Crippen LogP contribution in [-0.4, -0.2) is 52.7 Å². The van der Waals surface area contributed by atoms with Crippen LogP contribution < -0.4 is 0 Å². The minimum Gasteiger partial charge on any atom is -0.467 e. The summed E-state index contributed by atoms with van der Waals surface area (Å²) in [7, 11) is 1.32. The maximum Gasteiger partial charge on any atom is 0.331 e. The molecule has 0 fully saturated rings. The van der Waals surface area contributed by atoms with Gasteiger partial charge in [0.1, 0.15) is 6.61 Å². The molecule has 0 bridgehead atoms. The average Bonchev–Trinajstić information content (AvgIpc) is 2.21. The molecule has 14 heavy (non-hydrogen) atoms. The molecule has 0 N–H and O–H groups in total. The van der Waals surface area contributed by atoms with Crippen LogP contribution in [0.1, 0.15) is 0 Å². The van der Waals surface area contributed by atoms with Gasteiger partial charge in [-0.3, -0.25) is 0 Å². The van der Waals surface area contributed by atoms with E-state index < -0.39 is 0 Å². The molecule has 0 saturated carbocycles. The van der Waals surface area contributed by atoms with Crippen LogP contribution in [0.2, 0.25) is 0 Å². The van der Waals surface area contributed by atoms with Gasteiger partial charge in [0.25, 0.3) is 0 Å². The molecule has 0 saturated heterocycles. The van der Waals surface area contributed by atoms with E-state index in [4.69, 9.17) is 14.2 Å². The molecule has 0 aromatic rings. The van der Waals surface area contributed by atoms with E-state index in [9.17, 15) is 4.79 Å². The van der Waals surface area contributed by atoms with E-state index in [0.29, 0.717) is 33.0 Å². The van der Waals surface area contributed by atoms with Crippen molar-refractivity contribution in [3.05, 3.63) is 6.92 Å². The lowest BCUT2D eigenvalue weighted by Crippen LogP contribution is -2.14. The van der Waals surface area contributed by atoms with Gasteiger partial charge in [-0.05, 0) is 6.92 Å². The Labute approximate surface area is 84.3 Å². The number of hydrogen-bond acceptors (Lipinski definition) is 5. The Morgan fingerprint density at radius 1 is 1.07 bits per heavy atom. The van der Waals surface area contributed by atoms with Gasteiger partial charge >= 0.3 is 5.97 Å². The molecular formula is C9H17O5. The summed E-state index contributed by atoms with van der Waals surface area (Å²) in [6, 6.07) is 0. The molecule has 0 heterocycles. The Balaban J connectivity index is 2.95. The van der Waals surface area contributed by atoms with Gasteiger partial charge in [-0.15, -0.1) is 0 Å². The lowest BCUT2D eigenvalue weighted by molar-refractivity contribution is -0.146. The molecule has 0 rings (SSSR count). The molecule has 5 nitrogen and oxygen atoms in total. The second kappa shape index (κ2) is 10.4. The van der Waals surface area contributed by atoms with Crippen molar-refractivity contribution in [3.63, 3.8) is 0 Å². The van der Waals surface area contributed by atoms with Crippen molar-refractivity contribution in [2.24, 2.45) is 0 Å². The molecule has 0 atom stereocenters. The van der Waals surface area contributed by atoms with E-state index >= 15 is 0 Å². The van der Waals surface area contributed by atoms with Crippen LogP contribution in [-0.2, 0) is 23.7 Å². The molecule has 0 unspecified atom stereocenters. The predicted molar refractivity (Wildman–Crippen MR) is 49.8 cm³/mol. The van der Waals surface area contributed by atoms with Crippen LogP contribution in [0.4, 0.5) is 0 Å². The topological polar surface area (TPSA) is 54.0 Å². The first-order chi connectivity index (χ1) is 6.81. The second-order valence-electron chi connectivity index (χ2n) is 2.35.